The van der Waals surface area contributed by atoms with Crippen LogP contribution in [0.15, 0.2) is 52.9 Å². The molecule has 0 fully saturated rings. The maximum absolute atomic E-state index is 11.8. The standard InChI is InChI=1S/C14H12N4O2S/c19-14(18-12-2-1-7-21-12)17-8-11-13(16-5-4-15-11)10-3-6-20-9-10/h1-7,9H,8H2,(H2,17,18,19). The van der Waals surface area contributed by atoms with E-state index in [2.05, 4.69) is 20.6 Å². The van der Waals surface area contributed by atoms with Crippen LogP contribution in [-0.4, -0.2) is 16.0 Å². The molecule has 0 saturated heterocycles. The van der Waals surface area contributed by atoms with Gasteiger partial charge in [-0.1, -0.05) is 0 Å². The minimum absolute atomic E-state index is 0.277. The molecule has 21 heavy (non-hydrogen) atoms. The molecular formula is C14H12N4O2S. The molecule has 3 aromatic rings. The van der Waals surface area contributed by atoms with Gasteiger partial charge in [0, 0.05) is 18.0 Å². The van der Waals surface area contributed by atoms with Crippen molar-refractivity contribution < 1.29 is 9.21 Å². The van der Waals surface area contributed by atoms with E-state index >= 15 is 0 Å². The van der Waals surface area contributed by atoms with E-state index < -0.39 is 0 Å². The fourth-order valence-electron chi connectivity index (χ4n) is 1.81. The summed E-state index contributed by atoms with van der Waals surface area (Å²) in [7, 11) is 0. The molecule has 0 unspecified atom stereocenters. The molecule has 7 heteroatoms. The number of nitrogens with zero attached hydrogens (tertiary/aromatic N) is 2. The molecule has 2 N–H and O–H groups in total. The predicted molar refractivity (Wildman–Crippen MR) is 79.9 cm³/mol. The number of carbonyl (C=O) groups excluding carboxylic acids is 1. The summed E-state index contributed by atoms with van der Waals surface area (Å²) in [6, 6.07) is 5.24. The smallest absolute Gasteiger partial charge is 0.320 e. The Morgan fingerprint density at radius 2 is 2.19 bits per heavy atom. The summed E-state index contributed by atoms with van der Waals surface area (Å²) in [4.78, 5) is 20.3. The van der Waals surface area contributed by atoms with Crippen molar-refractivity contribution >= 4 is 22.4 Å². The lowest BCUT2D eigenvalue weighted by atomic mass is 10.2. The number of hydrogen-bond donors (Lipinski definition) is 2. The van der Waals surface area contributed by atoms with Crippen molar-refractivity contribution in [2.24, 2.45) is 0 Å². The second kappa shape index (κ2) is 6.19. The highest BCUT2D eigenvalue weighted by Gasteiger charge is 2.10. The molecule has 0 aliphatic carbocycles. The Morgan fingerprint density at radius 1 is 1.29 bits per heavy atom. The van der Waals surface area contributed by atoms with E-state index in [9.17, 15) is 4.79 Å². The van der Waals surface area contributed by atoms with Gasteiger partial charge in [0.15, 0.2) is 0 Å². The molecule has 3 heterocycles. The zero-order valence-electron chi connectivity index (χ0n) is 10.9. The van der Waals surface area contributed by atoms with Crippen LogP contribution < -0.4 is 10.6 Å². The third-order valence-electron chi connectivity index (χ3n) is 2.74. The topological polar surface area (TPSA) is 80.1 Å². The summed E-state index contributed by atoms with van der Waals surface area (Å²) in [5.74, 6) is 0. The highest BCUT2D eigenvalue weighted by molar-refractivity contribution is 7.14. The van der Waals surface area contributed by atoms with Crippen LogP contribution in [0, 0.1) is 0 Å². The molecule has 0 atom stereocenters. The monoisotopic (exact) mass is 300 g/mol. The van der Waals surface area contributed by atoms with Crippen LogP contribution in [0.4, 0.5) is 9.80 Å². The number of thiophene rings is 1. The Kier molecular flexibility index (Phi) is 3.92. The fourth-order valence-corrected chi connectivity index (χ4v) is 2.42. The maximum Gasteiger partial charge on any atom is 0.320 e. The van der Waals surface area contributed by atoms with Crippen molar-refractivity contribution in [2.75, 3.05) is 5.32 Å². The second-order valence-corrected chi connectivity index (χ2v) is 5.10. The maximum atomic E-state index is 11.8. The van der Waals surface area contributed by atoms with E-state index in [-0.39, 0.29) is 12.6 Å². The molecule has 3 rings (SSSR count). The van der Waals surface area contributed by atoms with Gasteiger partial charge in [-0.3, -0.25) is 15.3 Å². The number of furan rings is 1. The van der Waals surface area contributed by atoms with Crippen LogP contribution in [0.5, 0.6) is 0 Å². The summed E-state index contributed by atoms with van der Waals surface area (Å²) in [6.45, 7) is 0.283. The van der Waals surface area contributed by atoms with E-state index in [0.29, 0.717) is 11.4 Å². The van der Waals surface area contributed by atoms with Crippen LogP contribution in [-0.2, 0) is 6.54 Å². The Balaban J connectivity index is 1.67. The molecule has 106 valence electrons. The summed E-state index contributed by atoms with van der Waals surface area (Å²) in [5.41, 5.74) is 2.21. The van der Waals surface area contributed by atoms with Crippen LogP contribution in [0.25, 0.3) is 11.3 Å². The first-order valence-electron chi connectivity index (χ1n) is 6.24. The van der Waals surface area contributed by atoms with Crippen LogP contribution in [0.2, 0.25) is 0 Å². The van der Waals surface area contributed by atoms with E-state index in [1.165, 1.54) is 11.3 Å². The van der Waals surface area contributed by atoms with E-state index in [1.54, 1.807) is 31.0 Å². The third kappa shape index (κ3) is 3.26. The molecule has 0 saturated carbocycles. The average Bonchev–Trinajstić information content (AvgIpc) is 3.18. The number of aromatic nitrogens is 2. The molecule has 2 amide bonds. The number of urea groups is 1. The summed E-state index contributed by atoms with van der Waals surface area (Å²) < 4.78 is 5.05. The zero-order valence-corrected chi connectivity index (χ0v) is 11.8. The first kappa shape index (κ1) is 13.3. The van der Waals surface area contributed by atoms with Gasteiger partial charge in [-0.2, -0.15) is 0 Å². The van der Waals surface area contributed by atoms with Gasteiger partial charge in [0.25, 0.3) is 0 Å². The molecule has 0 bridgehead atoms. The predicted octanol–water partition coefficient (Wildman–Crippen LogP) is 3.12. The van der Waals surface area contributed by atoms with Crippen molar-refractivity contribution in [2.45, 2.75) is 6.54 Å². The Morgan fingerprint density at radius 3 is 2.95 bits per heavy atom. The SMILES string of the molecule is O=C(NCc1nccnc1-c1ccoc1)Nc1cccs1. The van der Waals surface area contributed by atoms with Gasteiger partial charge in [-0.25, -0.2) is 4.79 Å². The molecule has 3 aromatic heterocycles. The number of nitrogens with one attached hydrogen (secondary N) is 2. The molecular weight excluding hydrogens is 288 g/mol. The van der Waals surface area contributed by atoms with E-state index in [4.69, 9.17) is 4.42 Å². The normalized spacial score (nSPS) is 10.3. The summed E-state index contributed by atoms with van der Waals surface area (Å²) >= 11 is 1.46. The lowest BCUT2D eigenvalue weighted by molar-refractivity contribution is 0.251. The van der Waals surface area contributed by atoms with Gasteiger partial charge < -0.3 is 9.73 Å². The number of carbonyl (C=O) groups is 1. The lowest BCUT2D eigenvalue weighted by Gasteiger charge is -2.08. The van der Waals surface area contributed by atoms with Gasteiger partial charge in [-0.15, -0.1) is 11.3 Å². The lowest BCUT2D eigenvalue weighted by Crippen LogP contribution is -2.28. The number of hydrogen-bond acceptors (Lipinski definition) is 5. The van der Waals surface area contributed by atoms with Crippen molar-refractivity contribution in [1.82, 2.24) is 15.3 Å². The molecule has 0 aliphatic heterocycles. The second-order valence-electron chi connectivity index (χ2n) is 4.15. The van der Waals surface area contributed by atoms with Gasteiger partial charge in [0.1, 0.15) is 0 Å². The summed E-state index contributed by atoms with van der Waals surface area (Å²) in [6.07, 6.45) is 6.37. The minimum atomic E-state index is -0.277. The Labute approximate surface area is 124 Å². The largest absolute Gasteiger partial charge is 0.472 e. The molecule has 0 aliphatic rings. The molecule has 0 aromatic carbocycles. The molecule has 6 nitrogen and oxygen atoms in total. The van der Waals surface area contributed by atoms with Crippen LogP contribution >= 0.6 is 11.3 Å². The van der Waals surface area contributed by atoms with Crippen molar-refractivity contribution in [3.63, 3.8) is 0 Å². The van der Waals surface area contributed by atoms with Gasteiger partial charge in [-0.05, 0) is 23.6 Å². The fraction of sp³-hybridized carbons (Fsp3) is 0.0714. The third-order valence-corrected chi connectivity index (χ3v) is 3.53. The average molecular weight is 300 g/mol. The quantitative estimate of drug-likeness (QED) is 0.775. The summed E-state index contributed by atoms with van der Waals surface area (Å²) in [5, 5.41) is 8.20. The minimum Gasteiger partial charge on any atom is -0.472 e. The number of anilines is 1. The van der Waals surface area contributed by atoms with Crippen molar-refractivity contribution in [3.05, 3.63) is 54.2 Å². The van der Waals surface area contributed by atoms with Gasteiger partial charge in [0.05, 0.1) is 35.5 Å². The van der Waals surface area contributed by atoms with Crippen LogP contribution in [0.1, 0.15) is 5.69 Å². The number of rotatable bonds is 4. The highest BCUT2D eigenvalue weighted by atomic mass is 32.1. The Hall–Kier alpha value is -2.67. The van der Waals surface area contributed by atoms with Gasteiger partial charge in [0.2, 0.25) is 0 Å². The van der Waals surface area contributed by atoms with E-state index in [1.807, 2.05) is 17.5 Å². The van der Waals surface area contributed by atoms with E-state index in [0.717, 1.165) is 10.6 Å². The van der Waals surface area contributed by atoms with Crippen molar-refractivity contribution in [3.8, 4) is 11.3 Å². The first-order valence-corrected chi connectivity index (χ1v) is 7.12. The van der Waals surface area contributed by atoms with Crippen LogP contribution in [0.3, 0.4) is 0 Å². The number of amides is 2. The van der Waals surface area contributed by atoms with Gasteiger partial charge >= 0.3 is 6.03 Å². The highest BCUT2D eigenvalue weighted by Crippen LogP contribution is 2.20. The zero-order chi connectivity index (χ0) is 14.5. The van der Waals surface area contributed by atoms with Crippen molar-refractivity contribution in [1.29, 1.82) is 0 Å². The molecule has 0 spiro atoms. The Bertz CT molecular complexity index is 710. The first-order chi connectivity index (χ1) is 10.3. The molecule has 0 radical (unpaired) electrons.